The molecule has 5 aliphatic rings. The standard InChI is InChI=1S/C35H36O6/c1-22-26-15-18-35(29(22)36)27(19-26)34(21-41-32(39)25-13-8-5-9-14-25)17-10-16-33(3,28(34)23(2)30(35)37)20-40-31(38)24-11-6-4-7-12-24/h4-9,11-14,26-28H,1-2,10,15-21H2,3H3/t26-,27?,28?,33-,34+,35?/m0/s1. The van der Waals surface area contributed by atoms with Crippen LogP contribution in [0.2, 0.25) is 0 Å². The molecule has 0 radical (unpaired) electrons. The number of ether oxygens (including phenoxy) is 2. The van der Waals surface area contributed by atoms with Gasteiger partial charge in [0.05, 0.1) is 29.8 Å². The molecular formula is C35H36O6. The molecule has 1 spiro atoms. The number of Topliss-reactive ketones (excluding diaryl/α,β-unsaturated/α-hetero) is 2. The topological polar surface area (TPSA) is 86.7 Å². The van der Waals surface area contributed by atoms with Gasteiger partial charge in [0.25, 0.3) is 0 Å². The van der Waals surface area contributed by atoms with Crippen LogP contribution in [0.4, 0.5) is 0 Å². The molecule has 5 fully saturated rings. The SMILES string of the molecule is C=C1C(=O)C23CC[C@@H](CC2[C@]2(COC(=O)c4ccccc4)CCC[C@@](C)(COC(=O)c4ccccc4)C12)C(=C)C3=O. The molecule has 6 heteroatoms. The van der Waals surface area contributed by atoms with Gasteiger partial charge in [0.15, 0.2) is 11.6 Å². The summed E-state index contributed by atoms with van der Waals surface area (Å²) in [6.07, 6.45) is 4.06. The number of hydrogen-bond donors (Lipinski definition) is 0. The number of fused-ring (bicyclic) bond motifs is 3. The Morgan fingerprint density at radius 1 is 0.805 bits per heavy atom. The predicted molar refractivity (Wildman–Crippen MR) is 153 cm³/mol. The van der Waals surface area contributed by atoms with Crippen LogP contribution in [0.3, 0.4) is 0 Å². The fraction of sp³-hybridized carbons (Fsp3) is 0.429. The first-order chi connectivity index (χ1) is 19.6. The van der Waals surface area contributed by atoms with Crippen LogP contribution in [0.15, 0.2) is 85.0 Å². The van der Waals surface area contributed by atoms with Gasteiger partial charge in [-0.1, -0.05) is 62.9 Å². The number of carbonyl (C=O) groups excluding carboxylic acids is 4. The molecular weight excluding hydrogens is 516 g/mol. The average Bonchev–Trinajstić information content (AvgIpc) is 3.00. The first-order valence-corrected chi connectivity index (χ1v) is 14.6. The fourth-order valence-electron chi connectivity index (χ4n) is 8.86. The summed E-state index contributed by atoms with van der Waals surface area (Å²) in [6, 6.07) is 17.7. The molecule has 0 N–H and O–H groups in total. The second-order valence-corrected chi connectivity index (χ2v) is 12.8. The van der Waals surface area contributed by atoms with Crippen molar-refractivity contribution in [1.82, 2.24) is 0 Å². The van der Waals surface area contributed by atoms with E-state index in [0.29, 0.717) is 48.0 Å². The maximum atomic E-state index is 14.3. The van der Waals surface area contributed by atoms with E-state index < -0.39 is 34.1 Å². The predicted octanol–water partition coefficient (Wildman–Crippen LogP) is 6.17. The molecule has 5 aliphatic carbocycles. The molecule has 0 amide bonds. The molecule has 5 saturated carbocycles. The lowest BCUT2D eigenvalue weighted by Crippen LogP contribution is -2.69. The minimum Gasteiger partial charge on any atom is -0.461 e. The molecule has 0 aromatic heterocycles. The van der Waals surface area contributed by atoms with Crippen LogP contribution in [0, 0.1) is 34.0 Å². The number of esters is 2. The third-order valence-corrected chi connectivity index (χ3v) is 10.6. The summed E-state index contributed by atoms with van der Waals surface area (Å²) < 4.78 is 12.0. The molecule has 2 bridgehead atoms. The minimum atomic E-state index is -1.21. The Bertz CT molecular complexity index is 1440. The molecule has 7 rings (SSSR count). The highest BCUT2D eigenvalue weighted by molar-refractivity contribution is 6.21. The van der Waals surface area contributed by atoms with E-state index in [2.05, 4.69) is 13.2 Å². The van der Waals surface area contributed by atoms with Crippen LogP contribution in [0.5, 0.6) is 0 Å². The van der Waals surface area contributed by atoms with E-state index in [9.17, 15) is 19.2 Å². The summed E-state index contributed by atoms with van der Waals surface area (Å²) in [5.74, 6) is -1.93. The second kappa shape index (κ2) is 9.93. The Kier molecular flexibility index (Phi) is 6.63. The lowest BCUT2D eigenvalue weighted by molar-refractivity contribution is -0.187. The van der Waals surface area contributed by atoms with Crippen molar-refractivity contribution in [3.63, 3.8) is 0 Å². The second-order valence-electron chi connectivity index (χ2n) is 12.8. The molecule has 2 aromatic rings. The van der Waals surface area contributed by atoms with Crippen molar-refractivity contribution < 1.29 is 28.7 Å². The molecule has 6 nitrogen and oxygen atoms in total. The van der Waals surface area contributed by atoms with Gasteiger partial charge in [-0.3, -0.25) is 9.59 Å². The van der Waals surface area contributed by atoms with Crippen molar-refractivity contribution in [2.24, 2.45) is 34.0 Å². The van der Waals surface area contributed by atoms with Crippen molar-refractivity contribution in [1.29, 1.82) is 0 Å². The monoisotopic (exact) mass is 552 g/mol. The normalized spacial score (nSPS) is 34.0. The summed E-state index contributed by atoms with van der Waals surface area (Å²) in [4.78, 5) is 54.4. The molecule has 3 unspecified atom stereocenters. The van der Waals surface area contributed by atoms with E-state index >= 15 is 0 Å². The van der Waals surface area contributed by atoms with Crippen LogP contribution in [0.1, 0.15) is 66.2 Å². The van der Waals surface area contributed by atoms with Crippen molar-refractivity contribution in [3.05, 3.63) is 96.1 Å². The van der Waals surface area contributed by atoms with Crippen molar-refractivity contribution in [2.45, 2.75) is 45.4 Å². The van der Waals surface area contributed by atoms with Gasteiger partial charge >= 0.3 is 11.9 Å². The fourth-order valence-corrected chi connectivity index (χ4v) is 8.86. The summed E-state index contributed by atoms with van der Waals surface area (Å²) in [5.41, 5.74) is -0.705. The number of carbonyl (C=O) groups is 4. The van der Waals surface area contributed by atoms with E-state index in [1.165, 1.54) is 0 Å². The number of ketones is 2. The van der Waals surface area contributed by atoms with Gasteiger partial charge in [0.1, 0.15) is 0 Å². The van der Waals surface area contributed by atoms with Crippen molar-refractivity contribution >= 4 is 23.5 Å². The zero-order valence-electron chi connectivity index (χ0n) is 23.5. The summed E-state index contributed by atoms with van der Waals surface area (Å²) >= 11 is 0. The van der Waals surface area contributed by atoms with Gasteiger partial charge in [-0.15, -0.1) is 0 Å². The quantitative estimate of drug-likeness (QED) is 0.242. The summed E-state index contributed by atoms with van der Waals surface area (Å²) in [5, 5.41) is 0. The third-order valence-electron chi connectivity index (χ3n) is 10.6. The molecule has 0 saturated heterocycles. The van der Waals surface area contributed by atoms with Gasteiger partial charge < -0.3 is 9.47 Å². The van der Waals surface area contributed by atoms with Gasteiger partial charge in [-0.05, 0) is 79.4 Å². The first-order valence-electron chi connectivity index (χ1n) is 14.6. The third kappa shape index (κ3) is 4.05. The minimum absolute atomic E-state index is 0.0139. The Morgan fingerprint density at radius 3 is 1.98 bits per heavy atom. The van der Waals surface area contributed by atoms with Crippen LogP contribution in [0.25, 0.3) is 0 Å². The number of benzene rings is 2. The maximum absolute atomic E-state index is 14.3. The highest BCUT2D eigenvalue weighted by atomic mass is 16.5. The molecule has 212 valence electrons. The highest BCUT2D eigenvalue weighted by Gasteiger charge is 2.73. The lowest BCUT2D eigenvalue weighted by atomic mass is 9.35. The Morgan fingerprint density at radius 2 is 1.37 bits per heavy atom. The average molecular weight is 553 g/mol. The van der Waals surface area contributed by atoms with Gasteiger partial charge in [0.2, 0.25) is 0 Å². The zero-order valence-corrected chi connectivity index (χ0v) is 23.5. The zero-order chi connectivity index (χ0) is 29.0. The molecule has 6 atom stereocenters. The first kappa shape index (κ1) is 27.4. The summed E-state index contributed by atoms with van der Waals surface area (Å²) in [7, 11) is 0. The van der Waals surface area contributed by atoms with Gasteiger partial charge in [0, 0.05) is 16.7 Å². The van der Waals surface area contributed by atoms with Gasteiger partial charge in [-0.25, -0.2) is 9.59 Å². The molecule has 41 heavy (non-hydrogen) atoms. The van der Waals surface area contributed by atoms with E-state index in [4.69, 9.17) is 9.47 Å². The van der Waals surface area contributed by atoms with E-state index in [1.54, 1.807) is 48.5 Å². The number of hydrogen-bond acceptors (Lipinski definition) is 6. The van der Waals surface area contributed by atoms with E-state index in [0.717, 1.165) is 12.8 Å². The van der Waals surface area contributed by atoms with Crippen molar-refractivity contribution in [2.75, 3.05) is 13.2 Å². The molecule has 0 aliphatic heterocycles. The van der Waals surface area contributed by atoms with E-state index in [1.807, 2.05) is 19.1 Å². The smallest absolute Gasteiger partial charge is 0.338 e. The Hall–Kier alpha value is -3.80. The number of rotatable bonds is 6. The Labute approximate surface area is 240 Å². The van der Waals surface area contributed by atoms with Crippen LogP contribution in [-0.4, -0.2) is 36.7 Å². The highest BCUT2D eigenvalue weighted by Crippen LogP contribution is 2.71. The van der Waals surface area contributed by atoms with Crippen LogP contribution >= 0.6 is 0 Å². The van der Waals surface area contributed by atoms with E-state index in [-0.39, 0.29) is 36.6 Å². The van der Waals surface area contributed by atoms with Crippen LogP contribution < -0.4 is 0 Å². The van der Waals surface area contributed by atoms with Gasteiger partial charge in [-0.2, -0.15) is 0 Å². The van der Waals surface area contributed by atoms with Crippen molar-refractivity contribution in [3.8, 4) is 0 Å². The Balaban J connectivity index is 1.39. The molecule has 0 heterocycles. The number of allylic oxidation sites excluding steroid dienone is 2. The largest absolute Gasteiger partial charge is 0.461 e. The summed E-state index contributed by atoms with van der Waals surface area (Å²) in [6.45, 7) is 10.6. The van der Waals surface area contributed by atoms with Crippen LogP contribution in [-0.2, 0) is 19.1 Å². The lowest BCUT2D eigenvalue weighted by Gasteiger charge is -2.67. The molecule has 2 aromatic carbocycles. The maximum Gasteiger partial charge on any atom is 0.338 e.